The molecule has 0 aliphatic rings. The summed E-state index contributed by atoms with van der Waals surface area (Å²) in [6, 6.07) is 6.57. The number of carbonyl (C=O) groups excluding carboxylic acids is 1. The Bertz CT molecular complexity index is 545. The molecule has 0 saturated heterocycles. The first-order valence-corrected chi connectivity index (χ1v) is 7.64. The highest BCUT2D eigenvalue weighted by Gasteiger charge is 2.16. The van der Waals surface area contributed by atoms with Crippen molar-refractivity contribution in [2.75, 3.05) is 31.6 Å². The number of carbonyl (C=O) groups is 1. The van der Waals surface area contributed by atoms with Gasteiger partial charge in [-0.1, -0.05) is 19.1 Å². The van der Waals surface area contributed by atoms with E-state index >= 15 is 0 Å². The first-order valence-electron chi connectivity index (χ1n) is 6.16. The Kier molecular flexibility index (Phi) is 6.43. The van der Waals surface area contributed by atoms with Crippen molar-refractivity contribution in [3.05, 3.63) is 24.3 Å². The van der Waals surface area contributed by atoms with Gasteiger partial charge in [0.25, 0.3) is 0 Å². The van der Waals surface area contributed by atoms with Gasteiger partial charge in [0, 0.05) is 13.1 Å². The van der Waals surface area contributed by atoms with Crippen molar-refractivity contribution in [2.24, 2.45) is 5.73 Å². The van der Waals surface area contributed by atoms with Crippen LogP contribution in [0.3, 0.4) is 0 Å². The van der Waals surface area contributed by atoms with Crippen LogP contribution >= 0.6 is 0 Å². The molecule has 0 heterocycles. The van der Waals surface area contributed by atoms with Crippen molar-refractivity contribution in [1.29, 1.82) is 0 Å². The van der Waals surface area contributed by atoms with E-state index in [1.807, 2.05) is 0 Å². The van der Waals surface area contributed by atoms with E-state index in [4.69, 9.17) is 10.5 Å². The summed E-state index contributed by atoms with van der Waals surface area (Å²) < 4.78 is 31.4. The zero-order valence-corrected chi connectivity index (χ0v) is 12.1. The first kappa shape index (κ1) is 16.4. The van der Waals surface area contributed by atoms with Crippen LogP contribution in [0.1, 0.15) is 6.92 Å². The second-order valence-corrected chi connectivity index (χ2v) is 5.68. The summed E-state index contributed by atoms with van der Waals surface area (Å²) in [7, 11) is -3.52. The fourth-order valence-corrected chi connectivity index (χ4v) is 2.77. The summed E-state index contributed by atoms with van der Waals surface area (Å²) >= 11 is 0. The average molecular weight is 301 g/mol. The number of nitrogens with two attached hydrogens (primary N) is 1. The molecule has 4 N–H and O–H groups in total. The largest absolute Gasteiger partial charge is 0.382 e. The highest BCUT2D eigenvalue weighted by molar-refractivity contribution is 7.89. The molecule has 0 fully saturated rings. The van der Waals surface area contributed by atoms with Gasteiger partial charge in [-0.2, -0.15) is 0 Å². The molecule has 0 aromatic heterocycles. The summed E-state index contributed by atoms with van der Waals surface area (Å²) in [5.41, 5.74) is 5.41. The Morgan fingerprint density at radius 2 is 2.05 bits per heavy atom. The Morgan fingerprint density at radius 3 is 2.70 bits per heavy atom. The van der Waals surface area contributed by atoms with E-state index in [2.05, 4.69) is 10.0 Å². The second-order valence-electron chi connectivity index (χ2n) is 3.94. The maximum Gasteiger partial charge on any atom is 0.243 e. The number of anilines is 1. The molecule has 0 saturated carbocycles. The predicted octanol–water partition coefficient (Wildman–Crippen LogP) is -0.101. The maximum absolute atomic E-state index is 12.0. The fourth-order valence-electron chi connectivity index (χ4n) is 1.55. The van der Waals surface area contributed by atoms with Crippen molar-refractivity contribution < 1.29 is 17.9 Å². The number of primary amides is 1. The molecule has 1 aromatic carbocycles. The van der Waals surface area contributed by atoms with E-state index in [9.17, 15) is 13.2 Å². The van der Waals surface area contributed by atoms with E-state index in [0.29, 0.717) is 18.8 Å². The van der Waals surface area contributed by atoms with Crippen LogP contribution in [0.2, 0.25) is 0 Å². The lowest BCUT2D eigenvalue weighted by atomic mass is 10.3. The molecule has 0 atom stereocenters. The molecule has 8 heteroatoms. The SMILES string of the molecule is CCNS(=O)(=O)c1ccccc1NCCOCC(N)=O. The number of amides is 1. The van der Waals surface area contributed by atoms with Crippen molar-refractivity contribution in [1.82, 2.24) is 4.72 Å². The molecule has 0 spiro atoms. The topological polar surface area (TPSA) is 111 Å². The third-order valence-electron chi connectivity index (χ3n) is 2.32. The van der Waals surface area contributed by atoms with Crippen LogP contribution in [0.15, 0.2) is 29.2 Å². The monoisotopic (exact) mass is 301 g/mol. The molecule has 0 bridgehead atoms. The zero-order chi connectivity index (χ0) is 15.0. The predicted molar refractivity (Wildman–Crippen MR) is 75.8 cm³/mol. The number of hydrogen-bond donors (Lipinski definition) is 3. The minimum Gasteiger partial charge on any atom is -0.382 e. The van der Waals surface area contributed by atoms with Crippen LogP contribution in [0.5, 0.6) is 0 Å². The van der Waals surface area contributed by atoms with Crippen LogP contribution in [-0.2, 0) is 19.6 Å². The Hall–Kier alpha value is -1.64. The van der Waals surface area contributed by atoms with E-state index in [0.717, 1.165) is 0 Å². The number of nitrogens with one attached hydrogen (secondary N) is 2. The number of benzene rings is 1. The van der Waals surface area contributed by atoms with Gasteiger partial charge in [0.15, 0.2) is 0 Å². The van der Waals surface area contributed by atoms with Crippen molar-refractivity contribution >= 4 is 21.6 Å². The molecular weight excluding hydrogens is 282 g/mol. The highest BCUT2D eigenvalue weighted by Crippen LogP contribution is 2.20. The van der Waals surface area contributed by atoms with Gasteiger partial charge in [0.1, 0.15) is 11.5 Å². The Morgan fingerprint density at radius 1 is 1.35 bits per heavy atom. The number of hydrogen-bond acceptors (Lipinski definition) is 5. The van der Waals surface area contributed by atoms with Gasteiger partial charge >= 0.3 is 0 Å². The quantitative estimate of drug-likeness (QED) is 0.552. The van der Waals surface area contributed by atoms with Gasteiger partial charge in [-0.05, 0) is 12.1 Å². The number of sulfonamides is 1. The molecule has 0 aliphatic carbocycles. The highest BCUT2D eigenvalue weighted by atomic mass is 32.2. The Labute approximate surface area is 118 Å². The summed E-state index contributed by atoms with van der Waals surface area (Å²) in [6.07, 6.45) is 0. The molecule has 0 aliphatic heterocycles. The number of rotatable bonds is 9. The van der Waals surface area contributed by atoms with Gasteiger partial charge in [-0.3, -0.25) is 4.79 Å². The minimum atomic E-state index is -3.52. The molecule has 0 radical (unpaired) electrons. The second kappa shape index (κ2) is 7.83. The lowest BCUT2D eigenvalue weighted by molar-refractivity contribution is -0.122. The van der Waals surface area contributed by atoms with E-state index in [1.54, 1.807) is 25.1 Å². The first-order chi connectivity index (χ1) is 9.47. The van der Waals surface area contributed by atoms with Gasteiger partial charge in [-0.15, -0.1) is 0 Å². The summed E-state index contributed by atoms with van der Waals surface area (Å²) in [5.74, 6) is -0.542. The van der Waals surface area contributed by atoms with Gasteiger partial charge < -0.3 is 15.8 Å². The molecule has 1 aromatic rings. The summed E-state index contributed by atoms with van der Waals surface area (Å²) in [6.45, 7) is 2.49. The van der Waals surface area contributed by atoms with Crippen LogP contribution in [0.4, 0.5) is 5.69 Å². The third kappa shape index (κ3) is 5.16. The van der Waals surface area contributed by atoms with Gasteiger partial charge in [-0.25, -0.2) is 13.1 Å². The molecular formula is C12H19N3O4S. The zero-order valence-electron chi connectivity index (χ0n) is 11.3. The van der Waals surface area contributed by atoms with Crippen molar-refractivity contribution in [3.63, 3.8) is 0 Å². The normalized spacial score (nSPS) is 11.2. The lowest BCUT2D eigenvalue weighted by Gasteiger charge is -2.12. The fraction of sp³-hybridized carbons (Fsp3) is 0.417. The molecule has 1 amide bonds. The molecule has 112 valence electrons. The molecule has 1 rings (SSSR count). The van der Waals surface area contributed by atoms with Crippen LogP contribution in [0.25, 0.3) is 0 Å². The van der Waals surface area contributed by atoms with E-state index in [-0.39, 0.29) is 18.1 Å². The Balaban J connectivity index is 2.65. The average Bonchev–Trinajstić information content (AvgIpc) is 2.38. The van der Waals surface area contributed by atoms with Gasteiger partial charge in [0.2, 0.25) is 15.9 Å². The van der Waals surface area contributed by atoms with Gasteiger partial charge in [0.05, 0.1) is 12.3 Å². The summed E-state index contributed by atoms with van der Waals surface area (Å²) in [5, 5.41) is 2.96. The van der Waals surface area contributed by atoms with Crippen LogP contribution < -0.4 is 15.8 Å². The molecule has 7 nitrogen and oxygen atoms in total. The van der Waals surface area contributed by atoms with E-state index < -0.39 is 15.9 Å². The third-order valence-corrected chi connectivity index (χ3v) is 3.92. The standard InChI is InChI=1S/C12H19N3O4S/c1-2-15-20(17,18)11-6-4-3-5-10(11)14-7-8-19-9-12(13)16/h3-6,14-15H,2,7-9H2,1H3,(H2,13,16). The summed E-state index contributed by atoms with van der Waals surface area (Å²) in [4.78, 5) is 10.7. The van der Waals surface area contributed by atoms with Crippen LogP contribution in [0, 0.1) is 0 Å². The minimum absolute atomic E-state index is 0.154. The molecule has 0 unspecified atom stereocenters. The van der Waals surface area contributed by atoms with Crippen LogP contribution in [-0.4, -0.2) is 40.6 Å². The smallest absolute Gasteiger partial charge is 0.243 e. The maximum atomic E-state index is 12.0. The number of para-hydroxylation sites is 1. The molecule has 20 heavy (non-hydrogen) atoms. The van der Waals surface area contributed by atoms with Crippen molar-refractivity contribution in [3.8, 4) is 0 Å². The van der Waals surface area contributed by atoms with Crippen molar-refractivity contribution in [2.45, 2.75) is 11.8 Å². The lowest BCUT2D eigenvalue weighted by Crippen LogP contribution is -2.25. The van der Waals surface area contributed by atoms with E-state index in [1.165, 1.54) is 6.07 Å². The number of ether oxygens (including phenoxy) is 1.